The minimum atomic E-state index is -2.57. The smallest absolute Gasteiger partial charge is 0.256 e. The molecule has 0 saturated heterocycles. The van der Waals surface area contributed by atoms with E-state index in [0.29, 0.717) is 34.5 Å². The molecule has 1 heterocycles. The average molecular weight is 372 g/mol. The van der Waals surface area contributed by atoms with Gasteiger partial charge in [0.15, 0.2) is 0 Å². The third-order valence-electron chi connectivity index (χ3n) is 3.19. The van der Waals surface area contributed by atoms with Gasteiger partial charge in [-0.2, -0.15) is 0 Å². The monoisotopic (exact) mass is 371 g/mol. The Bertz CT molecular complexity index is 602. The number of carbonyl (C=O) groups excluding carboxylic acids is 1. The van der Waals surface area contributed by atoms with E-state index < -0.39 is 13.0 Å². The van der Waals surface area contributed by atoms with E-state index in [1.54, 1.807) is 24.3 Å². The molecule has 0 aromatic heterocycles. The molecule has 1 aliphatic heterocycles. The van der Waals surface area contributed by atoms with Crippen molar-refractivity contribution in [3.05, 3.63) is 47.0 Å². The van der Waals surface area contributed by atoms with Crippen LogP contribution in [0.15, 0.2) is 41.4 Å². The van der Waals surface area contributed by atoms with Crippen LogP contribution in [0.2, 0.25) is 0 Å². The van der Waals surface area contributed by atoms with Crippen LogP contribution in [0.1, 0.15) is 18.4 Å². The Morgan fingerprint density at radius 1 is 1.45 bits per heavy atom. The molecule has 0 bridgehead atoms. The summed E-state index contributed by atoms with van der Waals surface area (Å²) < 4.78 is 31.6. The average Bonchev–Trinajstić information content (AvgIpc) is 2.47. The van der Waals surface area contributed by atoms with Gasteiger partial charge in [0.05, 0.1) is 6.54 Å². The van der Waals surface area contributed by atoms with E-state index in [4.69, 9.17) is 4.74 Å². The number of alkyl halides is 2. The first-order valence-corrected chi connectivity index (χ1v) is 7.64. The second-order valence-corrected chi connectivity index (χ2v) is 5.62. The second kappa shape index (κ2) is 7.54. The van der Waals surface area contributed by atoms with Crippen molar-refractivity contribution in [2.45, 2.75) is 19.3 Å². The summed E-state index contributed by atoms with van der Waals surface area (Å²) in [7, 11) is 0. The van der Waals surface area contributed by atoms with E-state index in [2.05, 4.69) is 22.5 Å². The van der Waals surface area contributed by atoms with Crippen LogP contribution in [-0.2, 0) is 4.79 Å². The lowest BCUT2D eigenvalue weighted by molar-refractivity contribution is -0.129. The van der Waals surface area contributed by atoms with Crippen molar-refractivity contribution in [1.29, 1.82) is 0 Å². The molecule has 22 heavy (non-hydrogen) atoms. The van der Waals surface area contributed by atoms with Crippen LogP contribution >= 0.6 is 15.9 Å². The predicted molar refractivity (Wildman–Crippen MR) is 84.8 cm³/mol. The molecule has 1 aliphatic rings. The molecule has 0 saturated carbocycles. The number of benzene rings is 1. The molecule has 6 heteroatoms. The number of rotatable bonds is 6. The fraction of sp³-hybridized carbons (Fsp3) is 0.312. The highest BCUT2D eigenvalue weighted by Gasteiger charge is 2.26. The quantitative estimate of drug-likeness (QED) is 0.699. The molecule has 0 unspecified atom stereocenters. The Hall–Kier alpha value is -1.69. The van der Waals surface area contributed by atoms with E-state index in [0.717, 1.165) is 4.90 Å². The Morgan fingerprint density at radius 3 is 2.86 bits per heavy atom. The number of carbonyl (C=O) groups is 1. The summed E-state index contributed by atoms with van der Waals surface area (Å²) in [6, 6.07) is 5.24. The van der Waals surface area contributed by atoms with Crippen LogP contribution in [0.3, 0.4) is 0 Å². The van der Waals surface area contributed by atoms with Crippen molar-refractivity contribution in [3.63, 3.8) is 0 Å². The first kappa shape index (κ1) is 16.7. The highest BCUT2D eigenvalue weighted by Crippen LogP contribution is 2.33. The van der Waals surface area contributed by atoms with Crippen molar-refractivity contribution in [3.8, 4) is 5.75 Å². The number of halogens is 3. The lowest BCUT2D eigenvalue weighted by Crippen LogP contribution is -2.35. The maximum atomic E-state index is 12.7. The standard InChI is InChI=1S/C16H16BrF2NO2/c1-2-8-22-11-6-7-12(13(17)9-11)14-4-3-5-16(21)20(14)10-15(18)19/h2,4,6-7,9,15H,1,3,5,8,10H2. The molecule has 3 nitrogen and oxygen atoms in total. The zero-order valence-electron chi connectivity index (χ0n) is 11.9. The van der Waals surface area contributed by atoms with Gasteiger partial charge in [-0.3, -0.25) is 4.79 Å². The fourth-order valence-corrected chi connectivity index (χ4v) is 2.81. The summed E-state index contributed by atoms with van der Waals surface area (Å²) in [5.41, 5.74) is 1.21. The topological polar surface area (TPSA) is 29.5 Å². The summed E-state index contributed by atoms with van der Waals surface area (Å²) in [5, 5.41) is 0. The maximum Gasteiger partial charge on any atom is 0.256 e. The Labute approximate surface area is 136 Å². The van der Waals surface area contributed by atoms with Gasteiger partial charge in [0, 0.05) is 22.2 Å². The number of hydrogen-bond donors (Lipinski definition) is 0. The van der Waals surface area contributed by atoms with E-state index in [9.17, 15) is 13.6 Å². The zero-order chi connectivity index (χ0) is 16.1. The number of nitrogens with zero attached hydrogens (tertiary/aromatic N) is 1. The summed E-state index contributed by atoms with van der Waals surface area (Å²) in [6.45, 7) is 3.36. The lowest BCUT2D eigenvalue weighted by Gasteiger charge is -2.29. The highest BCUT2D eigenvalue weighted by molar-refractivity contribution is 9.10. The molecule has 1 amide bonds. The first-order valence-electron chi connectivity index (χ1n) is 6.85. The number of amides is 1. The van der Waals surface area contributed by atoms with E-state index >= 15 is 0 Å². The first-order chi connectivity index (χ1) is 10.5. The van der Waals surface area contributed by atoms with Gasteiger partial charge in [-0.1, -0.05) is 18.7 Å². The van der Waals surface area contributed by atoms with Crippen LogP contribution in [0.25, 0.3) is 5.70 Å². The minimum absolute atomic E-state index is 0.258. The van der Waals surface area contributed by atoms with Crippen LogP contribution in [0, 0.1) is 0 Å². The third-order valence-corrected chi connectivity index (χ3v) is 3.85. The summed E-state index contributed by atoms with van der Waals surface area (Å²) in [6.07, 6.45) is 1.69. The molecular weight excluding hydrogens is 356 g/mol. The molecule has 1 aromatic carbocycles. The van der Waals surface area contributed by atoms with Gasteiger partial charge in [-0.05, 0) is 40.5 Å². The van der Waals surface area contributed by atoms with Crippen molar-refractivity contribution in [2.75, 3.05) is 13.2 Å². The zero-order valence-corrected chi connectivity index (χ0v) is 13.5. The number of allylic oxidation sites excluding steroid dienone is 1. The normalized spacial score (nSPS) is 15.0. The summed E-state index contributed by atoms with van der Waals surface area (Å²) in [4.78, 5) is 13.1. The van der Waals surface area contributed by atoms with Crippen molar-refractivity contribution >= 4 is 27.5 Å². The van der Waals surface area contributed by atoms with Crippen LogP contribution in [-0.4, -0.2) is 30.4 Å². The number of ether oxygens (including phenoxy) is 1. The summed E-state index contributed by atoms with van der Waals surface area (Å²) >= 11 is 3.42. The molecule has 0 radical (unpaired) electrons. The molecule has 0 spiro atoms. The van der Waals surface area contributed by atoms with Crippen molar-refractivity contribution in [1.82, 2.24) is 4.90 Å². The number of hydrogen-bond acceptors (Lipinski definition) is 2. The van der Waals surface area contributed by atoms with Crippen molar-refractivity contribution in [2.24, 2.45) is 0 Å². The largest absolute Gasteiger partial charge is 0.490 e. The molecule has 0 fully saturated rings. The predicted octanol–water partition coefficient (Wildman–Crippen LogP) is 4.24. The third kappa shape index (κ3) is 3.94. The molecule has 0 atom stereocenters. The summed E-state index contributed by atoms with van der Waals surface area (Å²) in [5.74, 6) is 0.357. The Kier molecular flexibility index (Phi) is 5.71. The molecule has 0 N–H and O–H groups in total. The van der Waals surface area contributed by atoms with Crippen molar-refractivity contribution < 1.29 is 18.3 Å². The second-order valence-electron chi connectivity index (χ2n) is 4.76. The lowest BCUT2D eigenvalue weighted by atomic mass is 10.0. The molecule has 0 aliphatic carbocycles. The van der Waals surface area contributed by atoms with E-state index in [-0.39, 0.29) is 12.3 Å². The van der Waals surface area contributed by atoms with Gasteiger partial charge >= 0.3 is 0 Å². The molecule has 118 valence electrons. The molecular formula is C16H16BrF2NO2. The molecule has 2 rings (SSSR count). The van der Waals surface area contributed by atoms with E-state index in [1.807, 2.05) is 6.08 Å². The van der Waals surface area contributed by atoms with Crippen LogP contribution < -0.4 is 4.74 Å². The highest BCUT2D eigenvalue weighted by atomic mass is 79.9. The van der Waals surface area contributed by atoms with Gasteiger partial charge in [-0.25, -0.2) is 8.78 Å². The molecule has 1 aromatic rings. The van der Waals surface area contributed by atoms with Gasteiger partial charge in [-0.15, -0.1) is 0 Å². The fourth-order valence-electron chi connectivity index (χ4n) is 2.25. The Morgan fingerprint density at radius 2 is 2.23 bits per heavy atom. The minimum Gasteiger partial charge on any atom is -0.490 e. The van der Waals surface area contributed by atoms with E-state index in [1.165, 1.54) is 0 Å². The van der Waals surface area contributed by atoms with Gasteiger partial charge in [0.1, 0.15) is 12.4 Å². The Balaban J connectivity index is 2.30. The SMILES string of the molecule is C=CCOc1ccc(C2=CCCC(=O)N2CC(F)F)c(Br)c1. The van der Waals surface area contributed by atoms with Gasteiger partial charge in [0.2, 0.25) is 5.91 Å². The van der Waals surface area contributed by atoms with Gasteiger partial charge in [0.25, 0.3) is 6.43 Å². The van der Waals surface area contributed by atoms with Gasteiger partial charge < -0.3 is 9.64 Å². The maximum absolute atomic E-state index is 12.7. The van der Waals surface area contributed by atoms with Crippen LogP contribution in [0.4, 0.5) is 8.78 Å². The van der Waals surface area contributed by atoms with Crippen LogP contribution in [0.5, 0.6) is 5.75 Å².